The summed E-state index contributed by atoms with van der Waals surface area (Å²) < 4.78 is 0. The largest absolute Gasteiger partial charge is 0.336 e. The zero-order chi connectivity index (χ0) is 28.1. The summed E-state index contributed by atoms with van der Waals surface area (Å²) in [5.74, 6) is 0.761. The van der Waals surface area contributed by atoms with Crippen molar-refractivity contribution in [3.05, 3.63) is 87.7 Å². The van der Waals surface area contributed by atoms with Crippen molar-refractivity contribution in [2.24, 2.45) is 0 Å². The van der Waals surface area contributed by atoms with Crippen LogP contribution in [0.1, 0.15) is 51.6 Å². The fourth-order valence-electron chi connectivity index (χ4n) is 5.78. The summed E-state index contributed by atoms with van der Waals surface area (Å²) in [4.78, 5) is 32.6. The number of hydrogen-bond donors (Lipinski definition) is 0. The molecule has 0 radical (unpaired) electrons. The molecule has 1 atom stereocenters. The van der Waals surface area contributed by atoms with E-state index in [0.29, 0.717) is 17.9 Å². The van der Waals surface area contributed by atoms with E-state index in [1.54, 1.807) is 6.20 Å². The molecular weight excluding hydrogens is 520 g/mol. The predicted octanol–water partition coefficient (Wildman–Crippen LogP) is 4.88. The Hall–Kier alpha value is -3.00. The number of nitrogens with zero attached hydrogens (tertiary/aromatic N) is 6. The van der Waals surface area contributed by atoms with Gasteiger partial charge in [-0.05, 0) is 75.5 Å². The van der Waals surface area contributed by atoms with Gasteiger partial charge in [-0.1, -0.05) is 48.0 Å². The number of aryl methyl sites for hydroxylation is 3. The second kappa shape index (κ2) is 13.1. The number of aromatic nitrogens is 2. The minimum Gasteiger partial charge on any atom is -0.336 e. The van der Waals surface area contributed by atoms with E-state index < -0.39 is 0 Å². The summed E-state index contributed by atoms with van der Waals surface area (Å²) in [6.07, 6.45) is 5.44. The Balaban J connectivity index is 1.38. The maximum Gasteiger partial charge on any atom is 0.257 e. The molecule has 0 aliphatic carbocycles. The Bertz CT molecular complexity index is 1290. The maximum atomic E-state index is 13.8. The molecule has 0 saturated carbocycles. The van der Waals surface area contributed by atoms with Crippen LogP contribution in [0.4, 0.5) is 5.95 Å². The summed E-state index contributed by atoms with van der Waals surface area (Å²) in [7, 11) is 4.20. The molecule has 3 heterocycles. The molecular formula is C32H41ClN6O. The van der Waals surface area contributed by atoms with Gasteiger partial charge in [-0.2, -0.15) is 0 Å². The number of amides is 1. The Labute approximate surface area is 243 Å². The van der Waals surface area contributed by atoms with E-state index in [4.69, 9.17) is 21.6 Å². The van der Waals surface area contributed by atoms with E-state index in [2.05, 4.69) is 72.1 Å². The van der Waals surface area contributed by atoms with Crippen molar-refractivity contribution in [3.8, 4) is 0 Å². The molecule has 212 valence electrons. The van der Waals surface area contributed by atoms with Crippen LogP contribution in [-0.4, -0.2) is 90.5 Å². The third-order valence-corrected chi connectivity index (χ3v) is 8.52. The van der Waals surface area contributed by atoms with Crippen LogP contribution in [0, 0.1) is 6.92 Å². The van der Waals surface area contributed by atoms with Crippen LogP contribution in [0.15, 0.2) is 54.7 Å². The first kappa shape index (κ1) is 28.5. The summed E-state index contributed by atoms with van der Waals surface area (Å²) in [6, 6.07) is 16.8. The molecule has 1 aromatic heterocycles. The van der Waals surface area contributed by atoms with Crippen molar-refractivity contribution in [2.75, 3.05) is 64.8 Å². The van der Waals surface area contributed by atoms with Gasteiger partial charge in [0.2, 0.25) is 5.95 Å². The molecule has 8 heteroatoms. The van der Waals surface area contributed by atoms with Gasteiger partial charge >= 0.3 is 0 Å². The molecule has 2 aliphatic heterocycles. The smallest absolute Gasteiger partial charge is 0.257 e. The first-order valence-electron chi connectivity index (χ1n) is 14.5. The maximum absolute atomic E-state index is 13.8. The van der Waals surface area contributed by atoms with E-state index in [0.717, 1.165) is 75.8 Å². The molecule has 0 N–H and O–H groups in total. The number of piperazine rings is 1. The van der Waals surface area contributed by atoms with E-state index >= 15 is 0 Å². The molecule has 40 heavy (non-hydrogen) atoms. The normalized spacial score (nSPS) is 18.1. The molecule has 2 aromatic carbocycles. The van der Waals surface area contributed by atoms with Gasteiger partial charge in [-0.15, -0.1) is 0 Å². The first-order chi connectivity index (χ1) is 19.4. The molecule has 3 aromatic rings. The summed E-state index contributed by atoms with van der Waals surface area (Å²) in [6.45, 7) is 8.35. The van der Waals surface area contributed by atoms with Gasteiger partial charge in [0.15, 0.2) is 0 Å². The van der Waals surface area contributed by atoms with Gasteiger partial charge in [0, 0.05) is 57.0 Å². The molecule has 2 fully saturated rings. The molecule has 0 spiro atoms. The van der Waals surface area contributed by atoms with Crippen LogP contribution < -0.4 is 4.90 Å². The number of halogens is 1. The van der Waals surface area contributed by atoms with Crippen molar-refractivity contribution in [2.45, 2.75) is 38.6 Å². The van der Waals surface area contributed by atoms with Gasteiger partial charge in [0.25, 0.3) is 5.91 Å². The lowest BCUT2D eigenvalue weighted by atomic mass is 10.0. The third kappa shape index (κ3) is 6.82. The lowest BCUT2D eigenvalue weighted by molar-refractivity contribution is 0.0627. The molecule has 2 aliphatic rings. The first-order valence-corrected chi connectivity index (χ1v) is 14.9. The average molecular weight is 561 g/mol. The van der Waals surface area contributed by atoms with Crippen molar-refractivity contribution < 1.29 is 4.79 Å². The van der Waals surface area contributed by atoms with Gasteiger partial charge in [0.1, 0.15) is 0 Å². The number of benzene rings is 2. The zero-order valence-corrected chi connectivity index (χ0v) is 24.8. The molecule has 2 saturated heterocycles. The number of carbonyl (C=O) groups is 1. The van der Waals surface area contributed by atoms with Crippen LogP contribution in [0.3, 0.4) is 0 Å². The van der Waals surface area contributed by atoms with E-state index in [1.807, 2.05) is 17.0 Å². The van der Waals surface area contributed by atoms with Gasteiger partial charge < -0.3 is 14.7 Å². The topological polar surface area (TPSA) is 55.8 Å². The summed E-state index contributed by atoms with van der Waals surface area (Å²) in [5, 5.41) is 0.740. The second-order valence-electron chi connectivity index (χ2n) is 11.3. The summed E-state index contributed by atoms with van der Waals surface area (Å²) >= 11 is 6.16. The van der Waals surface area contributed by atoms with Crippen LogP contribution in [0.2, 0.25) is 5.02 Å². The quantitative estimate of drug-likeness (QED) is 0.372. The Kier molecular flexibility index (Phi) is 9.35. The van der Waals surface area contributed by atoms with Crippen molar-refractivity contribution >= 4 is 23.5 Å². The minimum absolute atomic E-state index is 0.0502. The molecule has 0 unspecified atom stereocenters. The van der Waals surface area contributed by atoms with Crippen LogP contribution in [0.25, 0.3) is 0 Å². The van der Waals surface area contributed by atoms with Gasteiger partial charge in [-0.25, -0.2) is 9.97 Å². The number of anilines is 1. The Morgan fingerprint density at radius 2 is 1.75 bits per heavy atom. The Morgan fingerprint density at radius 3 is 2.48 bits per heavy atom. The van der Waals surface area contributed by atoms with Gasteiger partial charge in [0.05, 0.1) is 17.3 Å². The lowest BCUT2D eigenvalue weighted by Gasteiger charge is -2.35. The lowest BCUT2D eigenvalue weighted by Crippen LogP contribution is -2.50. The van der Waals surface area contributed by atoms with E-state index in [9.17, 15) is 4.79 Å². The summed E-state index contributed by atoms with van der Waals surface area (Å²) in [5.41, 5.74) is 5.26. The standard InChI is InChI=1S/C32H41ClN6O/c1-24-7-4-5-8-25(24)12-15-29-28(31(40)38-21-19-37(20-22-38)18-17-36(2)3)23-34-32(35-29)39-16-6-9-30(39)26-10-13-27(33)14-11-26/h4-5,7-8,10-11,13-14,23,30H,6,9,12,15-22H2,1-3H3/t30-/m1/s1. The highest BCUT2D eigenvalue weighted by Gasteiger charge is 2.30. The molecule has 0 bridgehead atoms. The van der Waals surface area contributed by atoms with Gasteiger partial charge in [-0.3, -0.25) is 9.69 Å². The molecule has 7 nitrogen and oxygen atoms in total. The Morgan fingerprint density at radius 1 is 1.00 bits per heavy atom. The third-order valence-electron chi connectivity index (χ3n) is 8.27. The minimum atomic E-state index is 0.0502. The van der Waals surface area contributed by atoms with Crippen LogP contribution in [0.5, 0.6) is 0 Å². The number of carbonyl (C=O) groups excluding carboxylic acids is 1. The number of likely N-dealkylation sites (N-methyl/N-ethyl adjacent to an activating group) is 1. The fourth-order valence-corrected chi connectivity index (χ4v) is 5.91. The average Bonchev–Trinajstić information content (AvgIpc) is 3.46. The number of rotatable bonds is 9. The predicted molar refractivity (Wildman–Crippen MR) is 162 cm³/mol. The van der Waals surface area contributed by atoms with Crippen molar-refractivity contribution in [1.29, 1.82) is 0 Å². The van der Waals surface area contributed by atoms with E-state index in [-0.39, 0.29) is 11.9 Å². The second-order valence-corrected chi connectivity index (χ2v) is 11.7. The van der Waals surface area contributed by atoms with Crippen LogP contribution in [-0.2, 0) is 12.8 Å². The van der Waals surface area contributed by atoms with Crippen molar-refractivity contribution in [1.82, 2.24) is 24.7 Å². The molecule has 1 amide bonds. The fraction of sp³-hybridized carbons (Fsp3) is 0.469. The monoisotopic (exact) mass is 560 g/mol. The highest BCUT2D eigenvalue weighted by Crippen LogP contribution is 2.35. The highest BCUT2D eigenvalue weighted by atomic mass is 35.5. The number of hydrogen-bond acceptors (Lipinski definition) is 6. The highest BCUT2D eigenvalue weighted by molar-refractivity contribution is 6.30. The van der Waals surface area contributed by atoms with E-state index in [1.165, 1.54) is 16.7 Å². The van der Waals surface area contributed by atoms with Crippen LogP contribution >= 0.6 is 11.6 Å². The zero-order valence-electron chi connectivity index (χ0n) is 24.0. The SMILES string of the molecule is Cc1ccccc1CCc1nc(N2CCC[C@@H]2c2ccc(Cl)cc2)ncc1C(=O)N1CCN(CCN(C)C)CC1. The molecule has 5 rings (SSSR count). The van der Waals surface area contributed by atoms with Crippen molar-refractivity contribution in [3.63, 3.8) is 0 Å².